The summed E-state index contributed by atoms with van der Waals surface area (Å²) in [5, 5.41) is 10.3. The van der Waals surface area contributed by atoms with Gasteiger partial charge in [-0.15, -0.1) is 6.58 Å². The fourth-order valence-corrected chi connectivity index (χ4v) is 2.52. The summed E-state index contributed by atoms with van der Waals surface area (Å²) in [5.41, 5.74) is 0. The highest BCUT2D eigenvalue weighted by atomic mass is 16.8. The molecule has 0 spiro atoms. The van der Waals surface area contributed by atoms with Crippen LogP contribution in [0.2, 0.25) is 0 Å². The van der Waals surface area contributed by atoms with E-state index in [-0.39, 0.29) is 6.10 Å². The first kappa shape index (κ1) is 19.5. The van der Waals surface area contributed by atoms with Gasteiger partial charge in [-0.05, 0) is 58.0 Å². The summed E-state index contributed by atoms with van der Waals surface area (Å²) >= 11 is 0. The quantitative estimate of drug-likeness (QED) is 0.443. The van der Waals surface area contributed by atoms with Crippen molar-refractivity contribution in [3.63, 3.8) is 0 Å². The zero-order valence-electron chi connectivity index (χ0n) is 14.5. The lowest BCUT2D eigenvalue weighted by molar-refractivity contribution is -0.152. The van der Waals surface area contributed by atoms with Crippen molar-refractivity contribution in [2.75, 3.05) is 0 Å². The van der Waals surface area contributed by atoms with E-state index in [4.69, 9.17) is 9.47 Å². The Balaban J connectivity index is 2.58. The molecule has 3 atom stereocenters. The summed E-state index contributed by atoms with van der Waals surface area (Å²) in [4.78, 5) is 0. The Hall–Kier alpha value is -1.52. The molecule has 0 aromatic carbocycles. The van der Waals surface area contributed by atoms with Gasteiger partial charge in [0.15, 0.2) is 5.79 Å². The molecule has 0 bridgehead atoms. The Kier molecular flexibility index (Phi) is 8.74. The van der Waals surface area contributed by atoms with E-state index in [2.05, 4.69) is 30.3 Å². The van der Waals surface area contributed by atoms with Crippen molar-refractivity contribution in [1.29, 1.82) is 0 Å². The van der Waals surface area contributed by atoms with Gasteiger partial charge in [-0.2, -0.15) is 0 Å². The molecule has 3 heteroatoms. The Morgan fingerprint density at radius 2 is 2.00 bits per heavy atom. The minimum Gasteiger partial charge on any atom is -0.377 e. The predicted octanol–water partition coefficient (Wildman–Crippen LogP) is 3.59. The molecule has 1 aliphatic rings. The fraction of sp³-hybridized carbons (Fsp3) is 0.600. The smallest absolute Gasteiger partial charge is 0.163 e. The van der Waals surface area contributed by atoms with Gasteiger partial charge in [-0.3, -0.25) is 0 Å². The molecular formula is C20H28O3. The van der Waals surface area contributed by atoms with Crippen LogP contribution in [0.1, 0.15) is 52.9 Å². The highest BCUT2D eigenvalue weighted by Gasteiger charge is 2.43. The van der Waals surface area contributed by atoms with Gasteiger partial charge in [0, 0.05) is 0 Å². The third kappa shape index (κ3) is 7.53. The van der Waals surface area contributed by atoms with Crippen LogP contribution in [0.4, 0.5) is 0 Å². The third-order valence-electron chi connectivity index (χ3n) is 3.53. The molecule has 0 saturated carbocycles. The van der Waals surface area contributed by atoms with Crippen molar-refractivity contribution >= 4 is 0 Å². The standard InChI is InChI=1S/C20H28O3/c1-5-7-9-11-13-15-17(21)19-18(22-20(3,4)23-19)16-14-12-10-8-6-2/h5-7,17-19,21H,2,8,10,12,14,16H2,1,3-4H3/b7-5-. The van der Waals surface area contributed by atoms with Crippen LogP contribution in [0.15, 0.2) is 24.8 Å². The van der Waals surface area contributed by atoms with Gasteiger partial charge >= 0.3 is 0 Å². The van der Waals surface area contributed by atoms with Crippen LogP contribution in [0.5, 0.6) is 0 Å². The van der Waals surface area contributed by atoms with Crippen LogP contribution in [0.3, 0.4) is 0 Å². The van der Waals surface area contributed by atoms with E-state index in [9.17, 15) is 5.11 Å². The molecule has 0 amide bonds. The van der Waals surface area contributed by atoms with Crippen molar-refractivity contribution in [2.45, 2.75) is 77.0 Å². The van der Waals surface area contributed by atoms with E-state index < -0.39 is 18.0 Å². The maximum Gasteiger partial charge on any atom is 0.163 e. The summed E-state index contributed by atoms with van der Waals surface area (Å²) in [6.45, 7) is 9.35. The Labute approximate surface area is 140 Å². The maximum absolute atomic E-state index is 10.3. The molecule has 0 aromatic rings. The van der Waals surface area contributed by atoms with Crippen molar-refractivity contribution < 1.29 is 14.6 Å². The number of aliphatic hydroxyl groups excluding tert-OH is 1. The van der Waals surface area contributed by atoms with E-state index in [1.54, 1.807) is 6.08 Å². The lowest BCUT2D eigenvalue weighted by Gasteiger charge is -2.18. The molecule has 126 valence electrons. The first-order chi connectivity index (χ1) is 11.0. The first-order valence-corrected chi connectivity index (χ1v) is 8.27. The lowest BCUT2D eigenvalue weighted by atomic mass is 10.0. The minimum atomic E-state index is -0.894. The third-order valence-corrected chi connectivity index (χ3v) is 3.53. The topological polar surface area (TPSA) is 38.7 Å². The summed E-state index contributed by atoms with van der Waals surface area (Å²) in [6.07, 6.45) is 9.21. The summed E-state index contributed by atoms with van der Waals surface area (Å²) in [7, 11) is 0. The number of rotatable bonds is 7. The second-order valence-corrected chi connectivity index (χ2v) is 6.05. The van der Waals surface area contributed by atoms with Crippen LogP contribution in [-0.2, 0) is 9.47 Å². The molecule has 1 fully saturated rings. The summed E-state index contributed by atoms with van der Waals surface area (Å²) < 4.78 is 11.7. The van der Waals surface area contributed by atoms with Crippen molar-refractivity contribution in [3.8, 4) is 23.7 Å². The number of aliphatic hydroxyl groups is 1. The monoisotopic (exact) mass is 316 g/mol. The summed E-state index contributed by atoms with van der Waals surface area (Å²) in [6, 6.07) is 0. The van der Waals surface area contributed by atoms with Crippen LogP contribution in [0, 0.1) is 23.7 Å². The van der Waals surface area contributed by atoms with Crippen molar-refractivity contribution in [2.24, 2.45) is 0 Å². The highest BCUT2D eigenvalue weighted by Crippen LogP contribution is 2.32. The molecule has 1 aliphatic heterocycles. The predicted molar refractivity (Wildman–Crippen MR) is 93.5 cm³/mol. The molecule has 0 aromatic heterocycles. The van der Waals surface area contributed by atoms with Gasteiger partial charge < -0.3 is 14.6 Å². The highest BCUT2D eigenvalue weighted by molar-refractivity contribution is 5.32. The van der Waals surface area contributed by atoms with Gasteiger partial charge in [0.2, 0.25) is 0 Å². The molecule has 1 heterocycles. The molecule has 1 rings (SSSR count). The zero-order chi connectivity index (χ0) is 17.1. The maximum atomic E-state index is 10.3. The average molecular weight is 316 g/mol. The van der Waals surface area contributed by atoms with Gasteiger partial charge in [-0.25, -0.2) is 0 Å². The van der Waals surface area contributed by atoms with E-state index in [0.29, 0.717) is 0 Å². The number of hydrogen-bond donors (Lipinski definition) is 1. The van der Waals surface area contributed by atoms with Gasteiger partial charge in [0.1, 0.15) is 12.2 Å². The fourth-order valence-electron chi connectivity index (χ4n) is 2.52. The number of hydrogen-bond acceptors (Lipinski definition) is 3. The normalized spacial score (nSPS) is 23.7. The molecule has 23 heavy (non-hydrogen) atoms. The SMILES string of the molecule is C=CCCCCCC1OC(C)(C)OC1C(O)C#CC#C/C=C\C. The number of unbranched alkanes of at least 4 members (excludes halogenated alkanes) is 3. The molecule has 1 saturated heterocycles. The Morgan fingerprint density at radius 3 is 2.70 bits per heavy atom. The first-order valence-electron chi connectivity index (χ1n) is 8.27. The van der Waals surface area contributed by atoms with Crippen molar-refractivity contribution in [1.82, 2.24) is 0 Å². The summed E-state index contributed by atoms with van der Waals surface area (Å²) in [5.74, 6) is 10.2. The second kappa shape index (κ2) is 10.3. The van der Waals surface area contributed by atoms with E-state index in [1.165, 1.54) is 0 Å². The van der Waals surface area contributed by atoms with Gasteiger partial charge in [0.05, 0.1) is 6.10 Å². The largest absolute Gasteiger partial charge is 0.377 e. The van der Waals surface area contributed by atoms with E-state index >= 15 is 0 Å². The van der Waals surface area contributed by atoms with Crippen LogP contribution in [-0.4, -0.2) is 29.2 Å². The van der Waals surface area contributed by atoms with Crippen LogP contribution < -0.4 is 0 Å². The Morgan fingerprint density at radius 1 is 1.22 bits per heavy atom. The van der Waals surface area contributed by atoms with E-state index in [0.717, 1.165) is 32.1 Å². The lowest BCUT2D eigenvalue weighted by Crippen LogP contribution is -2.34. The molecule has 0 aliphatic carbocycles. The average Bonchev–Trinajstić information content (AvgIpc) is 2.82. The number of allylic oxidation sites excluding steroid dienone is 3. The Bertz CT molecular complexity index is 510. The molecule has 1 N–H and O–H groups in total. The number of ether oxygens (including phenoxy) is 2. The molecule has 3 unspecified atom stereocenters. The van der Waals surface area contributed by atoms with Crippen molar-refractivity contribution in [3.05, 3.63) is 24.8 Å². The van der Waals surface area contributed by atoms with E-state index in [1.807, 2.05) is 32.9 Å². The van der Waals surface area contributed by atoms with Gasteiger partial charge in [0.25, 0.3) is 0 Å². The van der Waals surface area contributed by atoms with Crippen LogP contribution in [0.25, 0.3) is 0 Å². The molecular weight excluding hydrogens is 288 g/mol. The molecule has 3 nitrogen and oxygen atoms in total. The zero-order valence-corrected chi connectivity index (χ0v) is 14.5. The molecule has 0 radical (unpaired) electrons. The minimum absolute atomic E-state index is 0.137. The van der Waals surface area contributed by atoms with Gasteiger partial charge in [-0.1, -0.05) is 36.8 Å². The van der Waals surface area contributed by atoms with Crippen LogP contribution >= 0.6 is 0 Å². The second-order valence-electron chi connectivity index (χ2n) is 6.05.